The molecule has 29 heavy (non-hydrogen) atoms. The summed E-state index contributed by atoms with van der Waals surface area (Å²) in [5.41, 5.74) is 4.44. The molecule has 5 rings (SSSR count). The van der Waals surface area contributed by atoms with Gasteiger partial charge in [0.2, 0.25) is 11.7 Å². The Morgan fingerprint density at radius 2 is 2.10 bits per heavy atom. The number of amides is 1. The lowest BCUT2D eigenvalue weighted by Crippen LogP contribution is -2.15. The molecule has 3 aromatic heterocycles. The number of aryl methyl sites for hydroxylation is 2. The van der Waals surface area contributed by atoms with E-state index in [1.54, 1.807) is 16.7 Å². The van der Waals surface area contributed by atoms with Crippen LogP contribution in [0.15, 0.2) is 47.2 Å². The summed E-state index contributed by atoms with van der Waals surface area (Å²) in [5.74, 6) is 0.132. The summed E-state index contributed by atoms with van der Waals surface area (Å²) in [4.78, 5) is 21.4. The van der Waals surface area contributed by atoms with Gasteiger partial charge >= 0.3 is 0 Å². The normalized spacial score (nSPS) is 18.2. The molecule has 7 nitrogen and oxygen atoms in total. The van der Waals surface area contributed by atoms with Gasteiger partial charge in [0.15, 0.2) is 0 Å². The van der Waals surface area contributed by atoms with Gasteiger partial charge in [-0.3, -0.25) is 9.20 Å². The van der Waals surface area contributed by atoms with E-state index in [0.717, 1.165) is 11.1 Å². The maximum absolute atomic E-state index is 13.2. The molecular formula is C21H18FN5O2. The number of alkyl halides is 1. The van der Waals surface area contributed by atoms with Gasteiger partial charge in [-0.05, 0) is 49.6 Å². The topological polar surface area (TPSA) is 85.3 Å². The lowest BCUT2D eigenvalue weighted by atomic mass is 10.1. The van der Waals surface area contributed by atoms with Gasteiger partial charge in [-0.1, -0.05) is 17.3 Å². The molecule has 1 aliphatic rings. The molecule has 0 bridgehead atoms. The highest BCUT2D eigenvalue weighted by atomic mass is 19.1. The van der Waals surface area contributed by atoms with Crippen molar-refractivity contribution in [2.75, 3.05) is 5.32 Å². The highest BCUT2D eigenvalue weighted by Gasteiger charge is 2.43. The van der Waals surface area contributed by atoms with Crippen LogP contribution in [0, 0.1) is 13.8 Å². The molecule has 1 fully saturated rings. The van der Waals surface area contributed by atoms with Crippen molar-refractivity contribution in [2.24, 2.45) is 0 Å². The first-order valence-electron chi connectivity index (χ1n) is 9.33. The van der Waals surface area contributed by atoms with Crippen LogP contribution in [-0.2, 0) is 0 Å². The van der Waals surface area contributed by atoms with Gasteiger partial charge in [-0.25, -0.2) is 9.37 Å². The van der Waals surface area contributed by atoms with Crippen molar-refractivity contribution in [1.82, 2.24) is 19.5 Å². The van der Waals surface area contributed by atoms with E-state index in [9.17, 15) is 9.18 Å². The molecule has 0 radical (unpaired) electrons. The van der Waals surface area contributed by atoms with E-state index in [4.69, 9.17) is 4.52 Å². The third-order valence-electron chi connectivity index (χ3n) is 5.12. The minimum atomic E-state index is -0.898. The van der Waals surface area contributed by atoms with Gasteiger partial charge in [0.05, 0.1) is 12.1 Å². The highest BCUT2D eigenvalue weighted by molar-refractivity contribution is 6.04. The number of halogens is 1. The first-order valence-corrected chi connectivity index (χ1v) is 9.33. The van der Waals surface area contributed by atoms with Crippen LogP contribution in [0.1, 0.15) is 39.8 Å². The molecular weight excluding hydrogens is 373 g/mol. The minimum Gasteiger partial charge on any atom is -0.339 e. The van der Waals surface area contributed by atoms with Crippen LogP contribution in [0.2, 0.25) is 0 Å². The number of aromatic nitrogens is 4. The molecule has 3 heterocycles. The monoisotopic (exact) mass is 391 g/mol. The highest BCUT2D eigenvalue weighted by Crippen LogP contribution is 2.43. The summed E-state index contributed by atoms with van der Waals surface area (Å²) in [7, 11) is 0. The maximum Gasteiger partial charge on any atom is 0.274 e. The number of pyridine rings is 1. The summed E-state index contributed by atoms with van der Waals surface area (Å²) in [6.45, 7) is 3.88. The summed E-state index contributed by atoms with van der Waals surface area (Å²) >= 11 is 0. The fraction of sp³-hybridized carbons (Fsp3) is 0.238. The second kappa shape index (κ2) is 6.51. The van der Waals surface area contributed by atoms with Crippen LogP contribution in [0.4, 0.5) is 10.1 Å². The van der Waals surface area contributed by atoms with Gasteiger partial charge in [-0.15, -0.1) is 0 Å². The number of hydrogen-bond donors (Lipinski definition) is 1. The van der Waals surface area contributed by atoms with Gasteiger partial charge < -0.3 is 9.84 Å². The number of imidazole rings is 1. The van der Waals surface area contributed by atoms with Crippen molar-refractivity contribution in [3.8, 4) is 11.4 Å². The molecule has 1 aromatic carbocycles. The number of benzene rings is 1. The average molecular weight is 391 g/mol. The Labute approximate surface area is 165 Å². The first kappa shape index (κ1) is 17.5. The molecule has 1 amide bonds. The molecule has 0 saturated heterocycles. The van der Waals surface area contributed by atoms with Gasteiger partial charge in [-0.2, -0.15) is 4.98 Å². The van der Waals surface area contributed by atoms with Gasteiger partial charge in [0, 0.05) is 17.4 Å². The second-order valence-corrected chi connectivity index (χ2v) is 7.37. The van der Waals surface area contributed by atoms with Crippen LogP contribution in [-0.4, -0.2) is 31.6 Å². The summed E-state index contributed by atoms with van der Waals surface area (Å²) in [5, 5.41) is 6.88. The molecule has 8 heteroatoms. The fourth-order valence-corrected chi connectivity index (χ4v) is 3.26. The minimum absolute atomic E-state index is 0.270. The lowest BCUT2D eigenvalue weighted by Gasteiger charge is -2.09. The number of rotatable bonds is 4. The van der Waals surface area contributed by atoms with E-state index in [-0.39, 0.29) is 11.8 Å². The van der Waals surface area contributed by atoms with Crippen molar-refractivity contribution in [3.63, 3.8) is 0 Å². The van der Waals surface area contributed by atoms with Gasteiger partial charge in [0.1, 0.15) is 17.5 Å². The predicted octanol–water partition coefficient (Wildman–Crippen LogP) is 4.08. The second-order valence-electron chi connectivity index (χ2n) is 7.37. The molecule has 4 aromatic rings. The van der Waals surface area contributed by atoms with Crippen LogP contribution < -0.4 is 5.32 Å². The molecule has 2 atom stereocenters. The summed E-state index contributed by atoms with van der Waals surface area (Å²) in [6.07, 6.45) is 2.91. The largest absolute Gasteiger partial charge is 0.339 e. The predicted molar refractivity (Wildman–Crippen MR) is 105 cm³/mol. The van der Waals surface area contributed by atoms with E-state index < -0.39 is 6.17 Å². The third kappa shape index (κ3) is 3.16. The Morgan fingerprint density at radius 3 is 2.90 bits per heavy atom. The van der Waals surface area contributed by atoms with Crippen molar-refractivity contribution in [3.05, 3.63) is 65.4 Å². The quantitative estimate of drug-likeness (QED) is 0.567. The molecule has 1 saturated carbocycles. The maximum atomic E-state index is 13.2. The van der Waals surface area contributed by atoms with Crippen LogP contribution in [0.5, 0.6) is 0 Å². The summed E-state index contributed by atoms with van der Waals surface area (Å²) in [6, 6.07) is 9.34. The number of fused-ring (bicyclic) bond motifs is 1. The van der Waals surface area contributed by atoms with Crippen molar-refractivity contribution >= 4 is 17.2 Å². The first-order chi connectivity index (χ1) is 14.0. The van der Waals surface area contributed by atoms with E-state index in [1.165, 1.54) is 0 Å². The van der Waals surface area contributed by atoms with Crippen LogP contribution in [0.3, 0.4) is 0 Å². The Balaban J connectivity index is 1.42. The number of carbonyl (C=O) groups is 1. The third-order valence-corrected chi connectivity index (χ3v) is 5.12. The standard InChI is InChI=1S/C21H18FN5O2/c1-11-5-6-27-17(10-23-18(27)7-11)20(28)24-16-8-13(4-3-12(16)2)19-25-21(29-26-19)14-9-15(14)22/h3-8,10,14-15H,9H2,1-2H3,(H,24,28)/t14-,15-/m0/s1. The summed E-state index contributed by atoms with van der Waals surface area (Å²) < 4.78 is 20.1. The SMILES string of the molecule is Cc1ccn2c(C(=O)Nc3cc(-c4noc([C@H]5C[C@@H]5F)n4)ccc3C)cnc2c1. The number of carbonyl (C=O) groups excluding carboxylic acids is 1. The molecule has 0 unspecified atom stereocenters. The lowest BCUT2D eigenvalue weighted by molar-refractivity contribution is 0.102. The van der Waals surface area contributed by atoms with E-state index in [2.05, 4.69) is 20.4 Å². The van der Waals surface area contributed by atoms with E-state index in [1.807, 2.05) is 44.3 Å². The van der Waals surface area contributed by atoms with E-state index in [0.29, 0.717) is 40.7 Å². The number of anilines is 1. The number of nitrogens with one attached hydrogen (secondary N) is 1. The average Bonchev–Trinajstić information content (AvgIpc) is 3.10. The molecule has 1 aliphatic carbocycles. The zero-order valence-corrected chi connectivity index (χ0v) is 15.9. The Morgan fingerprint density at radius 1 is 1.28 bits per heavy atom. The zero-order valence-electron chi connectivity index (χ0n) is 15.9. The van der Waals surface area contributed by atoms with Crippen molar-refractivity contribution < 1.29 is 13.7 Å². The van der Waals surface area contributed by atoms with Crippen LogP contribution >= 0.6 is 0 Å². The fourth-order valence-electron chi connectivity index (χ4n) is 3.26. The van der Waals surface area contributed by atoms with Crippen molar-refractivity contribution in [1.29, 1.82) is 0 Å². The van der Waals surface area contributed by atoms with Crippen molar-refractivity contribution in [2.45, 2.75) is 32.4 Å². The van der Waals surface area contributed by atoms with Crippen LogP contribution in [0.25, 0.3) is 17.0 Å². The molecule has 0 spiro atoms. The molecule has 1 N–H and O–H groups in total. The smallest absolute Gasteiger partial charge is 0.274 e. The zero-order chi connectivity index (χ0) is 20.1. The molecule has 146 valence electrons. The molecule has 0 aliphatic heterocycles. The van der Waals surface area contributed by atoms with E-state index >= 15 is 0 Å². The Hall–Kier alpha value is -3.55. The number of nitrogens with zero attached hydrogens (tertiary/aromatic N) is 4. The Kier molecular flexibility index (Phi) is 3.94. The van der Waals surface area contributed by atoms with Gasteiger partial charge in [0.25, 0.3) is 5.91 Å². The Bertz CT molecular complexity index is 1250. The number of hydrogen-bond acceptors (Lipinski definition) is 5.